The summed E-state index contributed by atoms with van der Waals surface area (Å²) in [5.41, 5.74) is 0.267. The predicted octanol–water partition coefficient (Wildman–Crippen LogP) is -3.74. The predicted molar refractivity (Wildman–Crippen MR) is 52.2 cm³/mol. The van der Waals surface area contributed by atoms with Crippen molar-refractivity contribution in [3.8, 4) is 5.75 Å². The number of carbonyl (C=O) groups is 1. The van der Waals surface area contributed by atoms with Crippen molar-refractivity contribution in [3.05, 3.63) is 29.8 Å². The molecule has 0 amide bonds. The van der Waals surface area contributed by atoms with Crippen LogP contribution in [0.15, 0.2) is 28.7 Å². The molecule has 6 nitrogen and oxygen atoms in total. The maximum absolute atomic E-state index is 11.2. The summed E-state index contributed by atoms with van der Waals surface area (Å²) in [6.07, 6.45) is -0.570. The third-order valence-corrected chi connectivity index (χ3v) is 2.76. The molecule has 0 spiro atoms. The van der Waals surface area contributed by atoms with E-state index in [1.54, 1.807) is 12.1 Å². The Labute approximate surface area is 120 Å². The molecule has 17 heavy (non-hydrogen) atoms. The van der Waals surface area contributed by atoms with E-state index in [9.17, 15) is 18.3 Å². The fourth-order valence-corrected chi connectivity index (χ4v) is 2.20. The average molecular weight is 263 g/mol. The smallest absolute Gasteiger partial charge is 0.550 e. The van der Waals surface area contributed by atoms with Crippen LogP contribution in [0.2, 0.25) is 0 Å². The SMILES string of the molecule is O=C([O-])CC1=NS(=O)(=O)Oc2ccccc21.[Na+]. The minimum absolute atomic E-state index is 0. The molecule has 0 aliphatic carbocycles. The van der Waals surface area contributed by atoms with Gasteiger partial charge in [0.15, 0.2) is 5.75 Å². The summed E-state index contributed by atoms with van der Waals surface area (Å²) in [6, 6.07) is 6.17. The van der Waals surface area contributed by atoms with Crippen LogP contribution >= 0.6 is 0 Å². The van der Waals surface area contributed by atoms with Crippen LogP contribution in [-0.4, -0.2) is 20.1 Å². The van der Waals surface area contributed by atoms with Crippen LogP contribution in [-0.2, 0) is 15.1 Å². The van der Waals surface area contributed by atoms with Gasteiger partial charge in [-0.2, -0.15) is 8.42 Å². The molecule has 84 valence electrons. The number of para-hydroxylation sites is 1. The van der Waals surface area contributed by atoms with Gasteiger partial charge in [-0.1, -0.05) is 12.1 Å². The Kier molecular flexibility index (Phi) is 4.31. The van der Waals surface area contributed by atoms with Gasteiger partial charge < -0.3 is 14.1 Å². The van der Waals surface area contributed by atoms with Crippen molar-refractivity contribution in [1.29, 1.82) is 0 Å². The molecule has 2 rings (SSSR count). The van der Waals surface area contributed by atoms with Gasteiger partial charge in [0.2, 0.25) is 0 Å². The molecular formula is C9H6NNaO5S. The minimum Gasteiger partial charge on any atom is -0.550 e. The van der Waals surface area contributed by atoms with Crippen molar-refractivity contribution in [2.24, 2.45) is 4.40 Å². The molecule has 0 saturated carbocycles. The van der Waals surface area contributed by atoms with Gasteiger partial charge in [0.1, 0.15) is 0 Å². The number of nitrogens with zero attached hydrogens (tertiary/aromatic N) is 1. The van der Waals surface area contributed by atoms with Gasteiger partial charge in [0, 0.05) is 18.0 Å². The second kappa shape index (κ2) is 5.18. The first kappa shape index (κ1) is 14.2. The van der Waals surface area contributed by atoms with Crippen LogP contribution in [0.1, 0.15) is 12.0 Å². The molecule has 1 aromatic carbocycles. The van der Waals surface area contributed by atoms with Crippen molar-refractivity contribution in [3.63, 3.8) is 0 Å². The summed E-state index contributed by atoms with van der Waals surface area (Å²) < 4.78 is 30.2. The number of carboxylic acid groups (broad SMARTS) is 1. The Balaban J connectivity index is 0.00000144. The normalized spacial score (nSPS) is 15.9. The van der Waals surface area contributed by atoms with Crippen molar-refractivity contribution in [2.45, 2.75) is 6.42 Å². The topological polar surface area (TPSA) is 95.9 Å². The number of carboxylic acids is 1. The molecule has 0 atom stereocenters. The summed E-state index contributed by atoms with van der Waals surface area (Å²) >= 11 is 0. The molecule has 0 saturated heterocycles. The van der Waals surface area contributed by atoms with E-state index in [0.29, 0.717) is 5.56 Å². The zero-order valence-corrected chi connectivity index (χ0v) is 11.7. The molecule has 0 fully saturated rings. The molecule has 0 bridgehead atoms. The summed E-state index contributed by atoms with van der Waals surface area (Å²) in [5.74, 6) is -1.32. The van der Waals surface area contributed by atoms with Crippen molar-refractivity contribution >= 4 is 22.0 Å². The van der Waals surface area contributed by atoms with Gasteiger partial charge in [-0.25, -0.2) is 0 Å². The Bertz CT molecular complexity index is 581. The summed E-state index contributed by atoms with van der Waals surface area (Å²) in [6.45, 7) is 0. The minimum atomic E-state index is -4.09. The molecule has 8 heteroatoms. The molecule has 1 aliphatic rings. The van der Waals surface area contributed by atoms with Gasteiger partial charge in [0.05, 0.1) is 5.71 Å². The van der Waals surface area contributed by atoms with Gasteiger partial charge in [-0.05, 0) is 12.1 Å². The van der Waals surface area contributed by atoms with Crippen LogP contribution < -0.4 is 38.8 Å². The number of rotatable bonds is 2. The van der Waals surface area contributed by atoms with Gasteiger partial charge >= 0.3 is 39.9 Å². The van der Waals surface area contributed by atoms with E-state index in [1.807, 2.05) is 0 Å². The number of fused-ring (bicyclic) bond motifs is 1. The van der Waals surface area contributed by atoms with Crippen LogP contribution in [0.5, 0.6) is 5.75 Å². The molecule has 0 unspecified atom stereocenters. The fraction of sp³-hybridized carbons (Fsp3) is 0.111. The second-order valence-electron chi connectivity index (χ2n) is 3.09. The summed E-state index contributed by atoms with van der Waals surface area (Å²) in [5, 5.41) is 10.5. The summed E-state index contributed by atoms with van der Waals surface area (Å²) in [7, 11) is -4.09. The number of aliphatic carboxylic acids is 1. The van der Waals surface area contributed by atoms with E-state index in [0.717, 1.165) is 0 Å². The number of hydrogen-bond acceptors (Lipinski definition) is 5. The van der Waals surface area contributed by atoms with Gasteiger partial charge in [-0.3, -0.25) is 0 Å². The number of benzene rings is 1. The van der Waals surface area contributed by atoms with E-state index in [2.05, 4.69) is 8.58 Å². The van der Waals surface area contributed by atoms with E-state index < -0.39 is 22.7 Å². The standard InChI is InChI=1S/C9H7NO5S.Na/c11-9(12)5-7-6-3-1-2-4-8(6)15-16(13,14)10-7;/h1-4H,5H2,(H,11,12);/q;+1/p-1. The average Bonchev–Trinajstić information content (AvgIpc) is 2.14. The van der Waals surface area contributed by atoms with Crippen LogP contribution in [0.25, 0.3) is 0 Å². The van der Waals surface area contributed by atoms with Crippen molar-refractivity contribution < 1.29 is 52.1 Å². The van der Waals surface area contributed by atoms with Gasteiger partial charge in [0.25, 0.3) is 0 Å². The summed E-state index contributed by atoms with van der Waals surface area (Å²) in [4.78, 5) is 10.5. The van der Waals surface area contributed by atoms with Crippen LogP contribution in [0.3, 0.4) is 0 Å². The Morgan fingerprint density at radius 2 is 2.00 bits per heavy atom. The monoisotopic (exact) mass is 263 g/mol. The van der Waals surface area contributed by atoms with E-state index in [4.69, 9.17) is 0 Å². The first-order chi connectivity index (χ1) is 7.48. The van der Waals surface area contributed by atoms with Crippen molar-refractivity contribution in [1.82, 2.24) is 0 Å². The fourth-order valence-electron chi connectivity index (χ4n) is 1.36. The van der Waals surface area contributed by atoms with E-state index >= 15 is 0 Å². The first-order valence-electron chi connectivity index (χ1n) is 4.30. The largest absolute Gasteiger partial charge is 1.00 e. The maximum atomic E-state index is 11.2. The molecular weight excluding hydrogens is 257 g/mol. The zero-order chi connectivity index (χ0) is 11.8. The third-order valence-electron chi connectivity index (χ3n) is 1.93. The second-order valence-corrected chi connectivity index (χ2v) is 4.30. The third kappa shape index (κ3) is 3.29. The maximum Gasteiger partial charge on any atom is 1.00 e. The van der Waals surface area contributed by atoms with Crippen molar-refractivity contribution in [2.75, 3.05) is 0 Å². The zero-order valence-electron chi connectivity index (χ0n) is 8.91. The Morgan fingerprint density at radius 3 is 2.65 bits per heavy atom. The van der Waals surface area contributed by atoms with Crippen LogP contribution in [0, 0.1) is 0 Å². The first-order valence-corrected chi connectivity index (χ1v) is 5.67. The Morgan fingerprint density at radius 1 is 1.35 bits per heavy atom. The van der Waals surface area contributed by atoms with E-state index in [1.165, 1.54) is 12.1 Å². The molecule has 1 heterocycles. The molecule has 0 radical (unpaired) electrons. The molecule has 0 N–H and O–H groups in total. The molecule has 0 aromatic heterocycles. The molecule has 1 aromatic rings. The number of carbonyl (C=O) groups excluding carboxylic acids is 1. The quantitative estimate of drug-likeness (QED) is 0.511. The molecule has 1 aliphatic heterocycles. The van der Waals surface area contributed by atoms with Crippen LogP contribution in [0.4, 0.5) is 0 Å². The number of hydrogen-bond donors (Lipinski definition) is 0. The van der Waals surface area contributed by atoms with Gasteiger partial charge in [-0.15, -0.1) is 4.40 Å². The Hall–Kier alpha value is -0.890. The van der Waals surface area contributed by atoms with E-state index in [-0.39, 0.29) is 41.0 Å².